The first-order chi connectivity index (χ1) is 11.8. The fourth-order valence-corrected chi connectivity index (χ4v) is 3.43. The van der Waals surface area contributed by atoms with Crippen LogP contribution < -0.4 is 4.74 Å². The van der Waals surface area contributed by atoms with Crippen LogP contribution in [0, 0.1) is 0 Å². The van der Waals surface area contributed by atoms with Crippen molar-refractivity contribution in [2.24, 2.45) is 0 Å². The molecule has 2 aromatic carbocycles. The molecule has 0 amide bonds. The monoisotopic (exact) mass is 356 g/mol. The van der Waals surface area contributed by atoms with Crippen LogP contribution in [0.5, 0.6) is 5.75 Å². The summed E-state index contributed by atoms with van der Waals surface area (Å²) in [6, 6.07) is 16.4. The molecular formula is C21H26BClO2. The molecule has 4 heteroatoms. The van der Waals surface area contributed by atoms with Gasteiger partial charge in [0.15, 0.2) is 7.85 Å². The topological polar surface area (TPSA) is 18.5 Å². The van der Waals surface area contributed by atoms with Gasteiger partial charge in [0.1, 0.15) is 5.75 Å². The van der Waals surface area contributed by atoms with Crippen LogP contribution in [0.3, 0.4) is 0 Å². The Morgan fingerprint density at radius 1 is 1.12 bits per heavy atom. The zero-order valence-electron chi connectivity index (χ0n) is 15.5. The minimum Gasteiger partial charge on any atom is -0.495 e. The Morgan fingerprint density at radius 2 is 1.80 bits per heavy atom. The van der Waals surface area contributed by atoms with E-state index in [-0.39, 0.29) is 17.0 Å². The maximum absolute atomic E-state index is 6.44. The molecular weight excluding hydrogens is 330 g/mol. The number of rotatable bonds is 5. The third kappa shape index (κ3) is 4.59. The first kappa shape index (κ1) is 18.3. The Kier molecular flexibility index (Phi) is 5.17. The van der Waals surface area contributed by atoms with Crippen molar-refractivity contribution in [1.29, 1.82) is 0 Å². The van der Waals surface area contributed by atoms with Crippen molar-refractivity contribution >= 4 is 19.4 Å². The molecule has 0 spiro atoms. The van der Waals surface area contributed by atoms with Crippen LogP contribution in [0.15, 0.2) is 48.5 Å². The van der Waals surface area contributed by atoms with Gasteiger partial charge in [-0.25, -0.2) is 0 Å². The molecule has 0 N–H and O–H groups in total. The van der Waals surface area contributed by atoms with Crippen LogP contribution >= 0.6 is 11.6 Å². The van der Waals surface area contributed by atoms with Crippen LogP contribution in [-0.2, 0) is 16.8 Å². The average Bonchev–Trinajstić information content (AvgIpc) is 2.53. The van der Waals surface area contributed by atoms with Gasteiger partial charge in [-0.2, -0.15) is 0 Å². The third-order valence-corrected chi connectivity index (χ3v) is 5.10. The average molecular weight is 357 g/mol. The summed E-state index contributed by atoms with van der Waals surface area (Å²) >= 11 is 6.44. The molecule has 1 fully saturated rings. The molecule has 0 radical (unpaired) electrons. The summed E-state index contributed by atoms with van der Waals surface area (Å²) in [5, 5.41) is 0.683. The summed E-state index contributed by atoms with van der Waals surface area (Å²) in [6.07, 6.45) is 2.02. The van der Waals surface area contributed by atoms with E-state index in [9.17, 15) is 0 Å². The molecule has 0 aliphatic heterocycles. The minimum absolute atomic E-state index is 0.0823. The molecule has 2 aromatic rings. The molecule has 0 aromatic heterocycles. The van der Waals surface area contributed by atoms with Crippen LogP contribution in [0.25, 0.3) is 0 Å². The SMILES string of the molecule is BC1(Oc2ccc(C(C)(C)C)cc2Cl)CC(OCc2ccccc2)C1. The van der Waals surface area contributed by atoms with E-state index < -0.39 is 0 Å². The van der Waals surface area contributed by atoms with Crippen LogP contribution in [0.1, 0.15) is 44.7 Å². The van der Waals surface area contributed by atoms with E-state index in [0.29, 0.717) is 11.6 Å². The van der Waals surface area contributed by atoms with Crippen molar-refractivity contribution in [3.63, 3.8) is 0 Å². The molecule has 0 heterocycles. The van der Waals surface area contributed by atoms with Crippen LogP contribution in [0.2, 0.25) is 5.02 Å². The van der Waals surface area contributed by atoms with Gasteiger partial charge in [0.2, 0.25) is 0 Å². The van der Waals surface area contributed by atoms with Gasteiger partial charge < -0.3 is 9.47 Å². The van der Waals surface area contributed by atoms with Gasteiger partial charge in [0, 0.05) is 12.8 Å². The largest absolute Gasteiger partial charge is 0.495 e. The highest BCUT2D eigenvalue weighted by Crippen LogP contribution is 2.40. The Hall–Kier alpha value is -1.45. The Labute approximate surface area is 156 Å². The van der Waals surface area contributed by atoms with Gasteiger partial charge >= 0.3 is 0 Å². The second kappa shape index (κ2) is 7.05. The fraction of sp³-hybridized carbons (Fsp3) is 0.429. The summed E-state index contributed by atoms with van der Waals surface area (Å²) < 4.78 is 12.2. The van der Waals surface area contributed by atoms with E-state index in [1.165, 1.54) is 11.1 Å². The van der Waals surface area contributed by atoms with Gasteiger partial charge in [-0.1, -0.05) is 68.8 Å². The Bertz CT molecular complexity index is 718. The molecule has 0 atom stereocenters. The minimum atomic E-state index is -0.200. The lowest BCUT2D eigenvalue weighted by Gasteiger charge is -2.45. The van der Waals surface area contributed by atoms with E-state index in [1.54, 1.807) is 0 Å². The van der Waals surface area contributed by atoms with Crippen LogP contribution in [0.4, 0.5) is 0 Å². The molecule has 0 unspecified atom stereocenters. The van der Waals surface area contributed by atoms with Gasteiger partial charge in [0.05, 0.1) is 23.2 Å². The predicted molar refractivity (Wildman–Crippen MR) is 106 cm³/mol. The summed E-state index contributed by atoms with van der Waals surface area (Å²) in [7, 11) is 2.13. The number of hydrogen-bond donors (Lipinski definition) is 0. The quantitative estimate of drug-likeness (QED) is 0.721. The normalized spacial score (nSPS) is 23.1. The summed E-state index contributed by atoms with van der Waals surface area (Å²) in [5.41, 5.74) is 2.30. The molecule has 1 aliphatic rings. The highest BCUT2D eigenvalue weighted by Gasteiger charge is 2.43. The lowest BCUT2D eigenvalue weighted by atomic mass is 9.63. The fourth-order valence-electron chi connectivity index (χ4n) is 3.21. The predicted octanol–water partition coefficient (Wildman–Crippen LogP) is 4.72. The highest BCUT2D eigenvalue weighted by molar-refractivity contribution is 6.32. The van der Waals surface area contributed by atoms with Crippen molar-refractivity contribution in [3.8, 4) is 5.75 Å². The molecule has 132 valence electrons. The Balaban J connectivity index is 1.54. The lowest BCUT2D eigenvalue weighted by molar-refractivity contribution is -0.0886. The van der Waals surface area contributed by atoms with E-state index in [4.69, 9.17) is 21.1 Å². The standard InChI is InChI=1S/C21H26BClO2/c1-20(2,3)16-9-10-19(18(23)11-16)25-21(22)12-17(13-21)24-14-15-7-5-4-6-8-15/h4-11,17H,12-14,22H2,1-3H3. The molecule has 1 aliphatic carbocycles. The Morgan fingerprint density at radius 3 is 2.40 bits per heavy atom. The maximum Gasteiger partial charge on any atom is 0.159 e. The van der Waals surface area contributed by atoms with Gasteiger partial charge in [-0.15, -0.1) is 0 Å². The van der Waals surface area contributed by atoms with E-state index in [2.05, 4.69) is 46.8 Å². The van der Waals surface area contributed by atoms with Crippen molar-refractivity contribution in [2.45, 2.75) is 57.2 Å². The van der Waals surface area contributed by atoms with Crippen molar-refractivity contribution in [1.82, 2.24) is 0 Å². The smallest absolute Gasteiger partial charge is 0.159 e. The van der Waals surface area contributed by atoms with Crippen molar-refractivity contribution in [2.75, 3.05) is 0 Å². The second-order valence-corrected chi connectivity index (χ2v) is 8.68. The highest BCUT2D eigenvalue weighted by atomic mass is 35.5. The summed E-state index contributed by atoms with van der Waals surface area (Å²) in [5.74, 6) is 0.763. The molecule has 0 bridgehead atoms. The van der Waals surface area contributed by atoms with Gasteiger partial charge in [0.25, 0.3) is 0 Å². The molecule has 2 nitrogen and oxygen atoms in total. The summed E-state index contributed by atoms with van der Waals surface area (Å²) in [4.78, 5) is 0. The summed E-state index contributed by atoms with van der Waals surface area (Å²) in [6.45, 7) is 7.20. The molecule has 3 rings (SSSR count). The number of ether oxygens (including phenoxy) is 2. The number of halogens is 1. The van der Waals surface area contributed by atoms with E-state index in [1.807, 2.05) is 30.3 Å². The maximum atomic E-state index is 6.44. The van der Waals surface area contributed by atoms with E-state index >= 15 is 0 Å². The first-order valence-electron chi connectivity index (χ1n) is 8.90. The lowest BCUT2D eigenvalue weighted by Crippen LogP contribution is -2.53. The van der Waals surface area contributed by atoms with Crippen LogP contribution in [-0.4, -0.2) is 19.5 Å². The zero-order chi connectivity index (χ0) is 18.1. The number of benzene rings is 2. The van der Waals surface area contributed by atoms with Crippen molar-refractivity contribution < 1.29 is 9.47 Å². The van der Waals surface area contributed by atoms with E-state index in [0.717, 1.165) is 18.6 Å². The molecule has 25 heavy (non-hydrogen) atoms. The van der Waals surface area contributed by atoms with Gasteiger partial charge in [-0.05, 0) is 28.7 Å². The third-order valence-electron chi connectivity index (χ3n) is 4.80. The van der Waals surface area contributed by atoms with Crippen molar-refractivity contribution in [3.05, 3.63) is 64.7 Å². The zero-order valence-corrected chi connectivity index (χ0v) is 16.3. The first-order valence-corrected chi connectivity index (χ1v) is 9.28. The molecule has 0 saturated heterocycles. The second-order valence-electron chi connectivity index (χ2n) is 8.27. The van der Waals surface area contributed by atoms with Gasteiger partial charge in [-0.3, -0.25) is 0 Å². The number of hydrogen-bond acceptors (Lipinski definition) is 2. The molecule has 1 saturated carbocycles.